The van der Waals surface area contributed by atoms with Crippen LogP contribution in [0.2, 0.25) is 0 Å². The van der Waals surface area contributed by atoms with E-state index in [1.165, 1.54) is 0 Å². The monoisotopic (exact) mass is 419 g/mol. The molecule has 0 radical (unpaired) electrons. The van der Waals surface area contributed by atoms with E-state index in [-0.39, 0.29) is 35.9 Å². The normalized spacial score (nSPS) is 21.7. The lowest BCUT2D eigenvalue weighted by Gasteiger charge is -2.49. The zero-order valence-corrected chi connectivity index (χ0v) is 18.8. The predicted molar refractivity (Wildman–Crippen MR) is 117 cm³/mol. The lowest BCUT2D eigenvalue weighted by Crippen LogP contribution is -2.63. The van der Waals surface area contributed by atoms with E-state index in [4.69, 9.17) is 4.74 Å². The zero-order valence-electron chi connectivity index (χ0n) is 17.9. The Bertz CT molecular complexity index is 712. The summed E-state index contributed by atoms with van der Waals surface area (Å²) in [6.45, 7) is 7.71. The predicted octanol–water partition coefficient (Wildman–Crippen LogP) is 3.47. The molecule has 1 aromatic carbocycles. The van der Waals surface area contributed by atoms with Crippen molar-refractivity contribution in [2.24, 2.45) is 0 Å². The van der Waals surface area contributed by atoms with E-state index < -0.39 is 0 Å². The molecule has 2 saturated heterocycles. The number of rotatable bonds is 5. The molecule has 7 heteroatoms. The molecule has 6 nitrogen and oxygen atoms in total. The van der Waals surface area contributed by atoms with Crippen LogP contribution in [0, 0.1) is 0 Å². The van der Waals surface area contributed by atoms with E-state index >= 15 is 0 Å². The zero-order chi connectivity index (χ0) is 21.1. The second kappa shape index (κ2) is 8.96. The second-order valence-corrected chi connectivity index (χ2v) is 9.87. The Hall–Kier alpha value is -1.73. The lowest BCUT2D eigenvalue weighted by atomic mass is 9.91. The molecule has 2 fully saturated rings. The van der Waals surface area contributed by atoms with Crippen LogP contribution in [0.1, 0.15) is 45.6 Å². The molecule has 1 atom stereocenters. The van der Waals surface area contributed by atoms with Crippen LogP contribution in [0.3, 0.4) is 0 Å². The number of ether oxygens (including phenoxy) is 1. The minimum absolute atomic E-state index is 0.141. The number of hydrogen-bond acceptors (Lipinski definition) is 5. The molecule has 1 spiro atoms. The molecule has 29 heavy (non-hydrogen) atoms. The maximum absolute atomic E-state index is 13.2. The smallest absolute Gasteiger partial charge is 0.410 e. The van der Waals surface area contributed by atoms with Crippen LogP contribution >= 0.6 is 11.8 Å². The third-order valence-corrected chi connectivity index (χ3v) is 6.37. The average molecular weight is 420 g/mol. The second-order valence-electron chi connectivity index (χ2n) is 8.88. The molecule has 2 aliphatic rings. The Morgan fingerprint density at radius 1 is 1.24 bits per heavy atom. The summed E-state index contributed by atoms with van der Waals surface area (Å²) in [5.74, 6) is 1.14. The molecule has 0 saturated carbocycles. The fraction of sp³-hybridized carbons (Fsp3) is 0.636. The molecule has 0 aromatic heterocycles. The highest BCUT2D eigenvalue weighted by molar-refractivity contribution is 7.98. The molecule has 2 amide bonds. The third kappa shape index (κ3) is 4.89. The summed E-state index contributed by atoms with van der Waals surface area (Å²) in [6, 6.07) is 9.57. The van der Waals surface area contributed by atoms with E-state index in [1.807, 2.05) is 35.2 Å². The van der Waals surface area contributed by atoms with E-state index in [0.29, 0.717) is 25.9 Å². The maximum atomic E-state index is 13.2. The van der Waals surface area contributed by atoms with Gasteiger partial charge >= 0.3 is 6.09 Å². The molecular weight excluding hydrogens is 386 g/mol. The number of carbonyl (C=O) groups is 2. The van der Waals surface area contributed by atoms with Crippen LogP contribution in [0.4, 0.5) is 4.79 Å². The van der Waals surface area contributed by atoms with Gasteiger partial charge in [-0.2, -0.15) is 11.8 Å². The first kappa shape index (κ1) is 22.0. The van der Waals surface area contributed by atoms with Crippen LogP contribution in [0.25, 0.3) is 0 Å². The Labute approximate surface area is 178 Å². The SMILES string of the molecule is CSCCC1NC2(CCN(C(=O)OCc3ccccc3)CC2)N(C(C)(C)C)C1=O. The van der Waals surface area contributed by atoms with Gasteiger partial charge < -0.3 is 14.5 Å². The standard InChI is InChI=1S/C22H33N3O3S/c1-21(2,3)25-19(26)18(10-15-29-4)23-22(25)11-13-24(14-12-22)20(27)28-16-17-8-6-5-7-9-17/h5-9,18,23H,10-16H2,1-4H3. The fourth-order valence-corrected chi connectivity index (χ4v) is 4.93. The fourth-order valence-electron chi connectivity index (χ4n) is 4.46. The highest BCUT2D eigenvalue weighted by atomic mass is 32.2. The Balaban J connectivity index is 1.63. The Morgan fingerprint density at radius 2 is 1.90 bits per heavy atom. The number of amides is 2. The quantitative estimate of drug-likeness (QED) is 0.792. The van der Waals surface area contributed by atoms with Gasteiger partial charge in [0.1, 0.15) is 6.61 Å². The molecule has 1 N–H and O–H groups in total. The number of hydrogen-bond donors (Lipinski definition) is 1. The largest absolute Gasteiger partial charge is 0.445 e. The van der Waals surface area contributed by atoms with Gasteiger partial charge in [0.2, 0.25) is 5.91 Å². The van der Waals surface area contributed by atoms with Crippen molar-refractivity contribution in [3.05, 3.63) is 35.9 Å². The lowest BCUT2D eigenvalue weighted by molar-refractivity contribution is -0.140. The summed E-state index contributed by atoms with van der Waals surface area (Å²) in [5, 5.41) is 3.65. The van der Waals surface area contributed by atoms with Gasteiger partial charge in [-0.05, 0) is 44.8 Å². The number of benzene rings is 1. The van der Waals surface area contributed by atoms with Crippen molar-refractivity contribution in [1.29, 1.82) is 0 Å². The third-order valence-electron chi connectivity index (χ3n) is 5.72. The molecule has 2 aliphatic heterocycles. The van der Waals surface area contributed by atoms with Gasteiger partial charge in [-0.25, -0.2) is 4.79 Å². The van der Waals surface area contributed by atoms with Gasteiger partial charge in [-0.1, -0.05) is 30.3 Å². The number of carbonyl (C=O) groups excluding carboxylic acids is 2. The molecular formula is C22H33N3O3S. The molecule has 160 valence electrons. The van der Waals surface area contributed by atoms with Crippen LogP contribution in [0.5, 0.6) is 0 Å². The number of nitrogens with one attached hydrogen (secondary N) is 1. The van der Waals surface area contributed by atoms with Crippen LogP contribution in [-0.4, -0.2) is 64.1 Å². The summed E-state index contributed by atoms with van der Waals surface area (Å²) in [4.78, 5) is 29.5. The summed E-state index contributed by atoms with van der Waals surface area (Å²) >= 11 is 1.76. The van der Waals surface area contributed by atoms with Gasteiger partial charge in [0.05, 0.1) is 11.7 Å². The van der Waals surface area contributed by atoms with Gasteiger partial charge in [-0.3, -0.25) is 10.1 Å². The minimum Gasteiger partial charge on any atom is -0.445 e. The highest BCUT2D eigenvalue weighted by Crippen LogP contribution is 2.38. The number of likely N-dealkylation sites (tertiary alicyclic amines) is 1. The topological polar surface area (TPSA) is 61.9 Å². The number of thioether (sulfide) groups is 1. The maximum Gasteiger partial charge on any atom is 0.410 e. The molecule has 2 heterocycles. The molecule has 3 rings (SSSR count). The summed E-state index contributed by atoms with van der Waals surface area (Å²) < 4.78 is 5.49. The van der Waals surface area contributed by atoms with Gasteiger partial charge in [0, 0.05) is 31.5 Å². The minimum atomic E-state index is -0.380. The van der Waals surface area contributed by atoms with Crippen molar-refractivity contribution in [1.82, 2.24) is 15.1 Å². The molecule has 0 aliphatic carbocycles. The van der Waals surface area contributed by atoms with Crippen molar-refractivity contribution in [2.45, 2.75) is 63.9 Å². The first-order valence-electron chi connectivity index (χ1n) is 10.3. The number of piperidine rings is 1. The van der Waals surface area contributed by atoms with E-state index in [0.717, 1.165) is 17.7 Å². The molecule has 1 unspecified atom stereocenters. The van der Waals surface area contributed by atoms with E-state index in [1.54, 1.807) is 16.7 Å². The highest BCUT2D eigenvalue weighted by Gasteiger charge is 2.55. The Morgan fingerprint density at radius 3 is 2.48 bits per heavy atom. The van der Waals surface area contributed by atoms with Gasteiger partial charge in [-0.15, -0.1) is 0 Å². The summed E-state index contributed by atoms with van der Waals surface area (Å²) in [6.07, 6.45) is 4.04. The van der Waals surface area contributed by atoms with Gasteiger partial charge in [0.15, 0.2) is 0 Å². The van der Waals surface area contributed by atoms with E-state index in [9.17, 15) is 9.59 Å². The summed E-state index contributed by atoms with van der Waals surface area (Å²) in [7, 11) is 0. The summed E-state index contributed by atoms with van der Waals surface area (Å²) in [5.41, 5.74) is 0.330. The van der Waals surface area contributed by atoms with Crippen molar-refractivity contribution in [3.63, 3.8) is 0 Å². The van der Waals surface area contributed by atoms with Crippen LogP contribution in [0.15, 0.2) is 30.3 Å². The van der Waals surface area contributed by atoms with Crippen LogP contribution in [-0.2, 0) is 16.1 Å². The first-order valence-corrected chi connectivity index (χ1v) is 11.7. The molecule has 0 bridgehead atoms. The van der Waals surface area contributed by atoms with Gasteiger partial charge in [0.25, 0.3) is 0 Å². The first-order chi connectivity index (χ1) is 13.8. The Kier molecular flexibility index (Phi) is 6.79. The average Bonchev–Trinajstić information content (AvgIpc) is 2.97. The van der Waals surface area contributed by atoms with Crippen molar-refractivity contribution >= 4 is 23.8 Å². The van der Waals surface area contributed by atoms with Crippen molar-refractivity contribution in [3.8, 4) is 0 Å². The molecule has 1 aromatic rings. The van der Waals surface area contributed by atoms with Crippen molar-refractivity contribution in [2.75, 3.05) is 25.1 Å². The van der Waals surface area contributed by atoms with E-state index in [2.05, 4.69) is 32.3 Å². The van der Waals surface area contributed by atoms with Crippen molar-refractivity contribution < 1.29 is 14.3 Å². The van der Waals surface area contributed by atoms with Crippen LogP contribution < -0.4 is 5.32 Å². The number of nitrogens with zero attached hydrogens (tertiary/aromatic N) is 2.